The monoisotopic (exact) mass is 330 g/mol. The van der Waals surface area contributed by atoms with Gasteiger partial charge >= 0.3 is 0 Å². The van der Waals surface area contributed by atoms with Gasteiger partial charge in [-0.15, -0.1) is 11.3 Å². The van der Waals surface area contributed by atoms with Crippen LogP contribution in [0.1, 0.15) is 17.7 Å². The summed E-state index contributed by atoms with van der Waals surface area (Å²) in [6, 6.07) is 6.22. The number of thiophene rings is 1. The van der Waals surface area contributed by atoms with Gasteiger partial charge in [0, 0.05) is 50.0 Å². The minimum absolute atomic E-state index is 0.0147. The van der Waals surface area contributed by atoms with Crippen LogP contribution in [-0.4, -0.2) is 53.3 Å². The van der Waals surface area contributed by atoms with Crippen molar-refractivity contribution in [3.05, 3.63) is 40.8 Å². The molecule has 2 aliphatic heterocycles. The lowest BCUT2D eigenvalue weighted by atomic mass is 9.89. The van der Waals surface area contributed by atoms with E-state index in [4.69, 9.17) is 4.74 Å². The van der Waals surface area contributed by atoms with Crippen molar-refractivity contribution >= 4 is 17.3 Å². The minimum Gasteiger partial charge on any atom is -0.372 e. The van der Waals surface area contributed by atoms with Crippen molar-refractivity contribution < 1.29 is 4.74 Å². The third-order valence-corrected chi connectivity index (χ3v) is 5.66. The molecule has 0 unspecified atom stereocenters. The lowest BCUT2D eigenvalue weighted by molar-refractivity contribution is -0.122. The topological polar surface area (TPSA) is 41.5 Å². The Morgan fingerprint density at radius 1 is 1.13 bits per heavy atom. The standard InChI is InChI=1S/C17H22N4OS/c1-3-15(23-12-1)13-20-10-11-22-17(14-20)4-8-21(9-5-17)16-18-6-2-7-19-16/h1-3,6-7,12H,4-5,8-11,13-14H2. The van der Waals surface area contributed by atoms with Crippen molar-refractivity contribution in [3.63, 3.8) is 0 Å². The van der Waals surface area contributed by atoms with Gasteiger partial charge in [-0.2, -0.15) is 0 Å². The Bertz CT molecular complexity index is 611. The van der Waals surface area contributed by atoms with E-state index in [9.17, 15) is 0 Å². The smallest absolute Gasteiger partial charge is 0.225 e. The van der Waals surface area contributed by atoms with Gasteiger partial charge in [-0.05, 0) is 30.4 Å². The molecule has 0 aromatic carbocycles. The maximum atomic E-state index is 6.23. The van der Waals surface area contributed by atoms with Crippen LogP contribution in [0.3, 0.4) is 0 Å². The van der Waals surface area contributed by atoms with Crippen molar-refractivity contribution in [3.8, 4) is 0 Å². The molecule has 2 fully saturated rings. The second-order valence-corrected chi connectivity index (χ2v) is 7.39. The molecular weight excluding hydrogens is 308 g/mol. The zero-order valence-electron chi connectivity index (χ0n) is 13.2. The highest BCUT2D eigenvalue weighted by Gasteiger charge is 2.40. The number of rotatable bonds is 3. The number of piperidine rings is 1. The Labute approximate surface area is 140 Å². The van der Waals surface area contributed by atoms with Gasteiger partial charge in [0.1, 0.15) is 0 Å². The first-order valence-corrected chi connectivity index (χ1v) is 9.12. The molecule has 2 aliphatic rings. The number of nitrogens with zero attached hydrogens (tertiary/aromatic N) is 4. The summed E-state index contributed by atoms with van der Waals surface area (Å²) in [6.45, 7) is 5.90. The predicted octanol–water partition coefficient (Wildman–Crippen LogP) is 2.41. The zero-order chi connectivity index (χ0) is 15.5. The fourth-order valence-electron chi connectivity index (χ4n) is 3.55. The number of hydrogen-bond donors (Lipinski definition) is 0. The van der Waals surface area contributed by atoms with Crippen LogP contribution in [-0.2, 0) is 11.3 Å². The summed E-state index contributed by atoms with van der Waals surface area (Å²) in [7, 11) is 0. The molecule has 2 saturated heterocycles. The summed E-state index contributed by atoms with van der Waals surface area (Å²) in [5.74, 6) is 0.841. The van der Waals surface area contributed by atoms with Crippen LogP contribution in [0, 0.1) is 0 Å². The summed E-state index contributed by atoms with van der Waals surface area (Å²) in [5.41, 5.74) is 0.0147. The second kappa shape index (κ2) is 6.55. The molecule has 4 rings (SSSR count). The molecule has 0 radical (unpaired) electrons. The van der Waals surface area contributed by atoms with E-state index in [0.717, 1.165) is 58.1 Å². The predicted molar refractivity (Wildman–Crippen MR) is 91.8 cm³/mol. The van der Waals surface area contributed by atoms with Crippen molar-refractivity contribution in [2.75, 3.05) is 37.7 Å². The van der Waals surface area contributed by atoms with E-state index in [1.54, 1.807) is 0 Å². The van der Waals surface area contributed by atoms with Gasteiger partial charge in [0.05, 0.1) is 12.2 Å². The molecule has 122 valence electrons. The van der Waals surface area contributed by atoms with Gasteiger partial charge in [-0.1, -0.05) is 6.07 Å². The first-order chi connectivity index (χ1) is 11.3. The molecule has 6 heteroatoms. The van der Waals surface area contributed by atoms with Crippen LogP contribution in [0.5, 0.6) is 0 Å². The lowest BCUT2D eigenvalue weighted by Crippen LogP contribution is -2.56. The summed E-state index contributed by atoms with van der Waals surface area (Å²) in [4.78, 5) is 15.0. The van der Waals surface area contributed by atoms with Crippen molar-refractivity contribution in [1.29, 1.82) is 0 Å². The average molecular weight is 330 g/mol. The molecule has 0 amide bonds. The van der Waals surface area contributed by atoms with E-state index in [1.165, 1.54) is 4.88 Å². The molecular formula is C17H22N4OS. The molecule has 0 bridgehead atoms. The largest absolute Gasteiger partial charge is 0.372 e. The van der Waals surface area contributed by atoms with Gasteiger partial charge in [0.25, 0.3) is 0 Å². The van der Waals surface area contributed by atoms with Crippen LogP contribution < -0.4 is 4.90 Å². The van der Waals surface area contributed by atoms with Gasteiger partial charge in [-0.3, -0.25) is 4.90 Å². The number of aromatic nitrogens is 2. The fourth-order valence-corrected chi connectivity index (χ4v) is 4.30. The number of ether oxygens (including phenoxy) is 1. The molecule has 0 N–H and O–H groups in total. The number of hydrogen-bond acceptors (Lipinski definition) is 6. The van der Waals surface area contributed by atoms with Gasteiger partial charge in [-0.25, -0.2) is 9.97 Å². The van der Waals surface area contributed by atoms with Crippen LogP contribution in [0.25, 0.3) is 0 Å². The molecule has 0 aliphatic carbocycles. The maximum Gasteiger partial charge on any atom is 0.225 e. The Morgan fingerprint density at radius 2 is 1.96 bits per heavy atom. The van der Waals surface area contributed by atoms with E-state index in [-0.39, 0.29) is 5.60 Å². The number of anilines is 1. The molecule has 0 saturated carbocycles. The van der Waals surface area contributed by atoms with E-state index >= 15 is 0 Å². The van der Waals surface area contributed by atoms with E-state index < -0.39 is 0 Å². The number of morpholine rings is 1. The zero-order valence-corrected chi connectivity index (χ0v) is 14.0. The van der Waals surface area contributed by atoms with Gasteiger partial charge < -0.3 is 9.64 Å². The van der Waals surface area contributed by atoms with Crippen molar-refractivity contribution in [2.45, 2.75) is 25.0 Å². The maximum absolute atomic E-state index is 6.23. The normalized spacial score (nSPS) is 21.7. The van der Waals surface area contributed by atoms with Crippen LogP contribution in [0.2, 0.25) is 0 Å². The highest BCUT2D eigenvalue weighted by Crippen LogP contribution is 2.32. The Hall–Kier alpha value is -1.50. The summed E-state index contributed by atoms with van der Waals surface area (Å²) in [6.07, 6.45) is 5.72. The van der Waals surface area contributed by atoms with E-state index in [0.29, 0.717) is 0 Å². The molecule has 4 heterocycles. The quantitative estimate of drug-likeness (QED) is 0.864. The Morgan fingerprint density at radius 3 is 2.70 bits per heavy atom. The molecule has 5 nitrogen and oxygen atoms in total. The van der Waals surface area contributed by atoms with Crippen molar-refractivity contribution in [2.24, 2.45) is 0 Å². The molecule has 23 heavy (non-hydrogen) atoms. The average Bonchev–Trinajstić information content (AvgIpc) is 3.10. The van der Waals surface area contributed by atoms with E-state index in [2.05, 4.69) is 37.3 Å². The molecule has 0 atom stereocenters. The Balaban J connectivity index is 1.38. The molecule has 2 aromatic heterocycles. The fraction of sp³-hybridized carbons (Fsp3) is 0.529. The summed E-state index contributed by atoms with van der Waals surface area (Å²) >= 11 is 1.84. The highest BCUT2D eigenvalue weighted by molar-refractivity contribution is 7.09. The van der Waals surface area contributed by atoms with Gasteiger partial charge in [0.15, 0.2) is 0 Å². The highest BCUT2D eigenvalue weighted by atomic mass is 32.1. The van der Waals surface area contributed by atoms with Crippen LogP contribution in [0.15, 0.2) is 36.0 Å². The summed E-state index contributed by atoms with van der Waals surface area (Å²) < 4.78 is 6.23. The summed E-state index contributed by atoms with van der Waals surface area (Å²) in [5, 5.41) is 2.16. The third kappa shape index (κ3) is 3.39. The first kappa shape index (κ1) is 15.1. The van der Waals surface area contributed by atoms with Crippen LogP contribution in [0.4, 0.5) is 5.95 Å². The van der Waals surface area contributed by atoms with E-state index in [1.807, 2.05) is 29.8 Å². The molecule has 1 spiro atoms. The Kier molecular flexibility index (Phi) is 4.29. The lowest BCUT2D eigenvalue weighted by Gasteiger charge is -2.47. The first-order valence-electron chi connectivity index (χ1n) is 8.24. The minimum atomic E-state index is 0.0147. The molecule has 2 aromatic rings. The second-order valence-electron chi connectivity index (χ2n) is 6.36. The van der Waals surface area contributed by atoms with Crippen molar-refractivity contribution in [1.82, 2.24) is 14.9 Å². The van der Waals surface area contributed by atoms with Crippen LogP contribution >= 0.6 is 11.3 Å². The SMILES string of the molecule is c1cnc(N2CCC3(CC2)CN(Cc2cccs2)CCO3)nc1. The third-order valence-electron chi connectivity index (χ3n) is 4.80. The van der Waals surface area contributed by atoms with Gasteiger partial charge in [0.2, 0.25) is 5.95 Å².